The van der Waals surface area contributed by atoms with Crippen molar-refractivity contribution < 1.29 is 9.47 Å². The second kappa shape index (κ2) is 6.30. The number of hydrogen-bond acceptors (Lipinski definition) is 3. The normalized spacial score (nSPS) is 10.1. The third-order valence-electron chi connectivity index (χ3n) is 2.02. The molecule has 3 nitrogen and oxygen atoms in total. The maximum Gasteiger partial charge on any atom is 0.127 e. The van der Waals surface area contributed by atoms with E-state index in [4.69, 9.17) is 9.47 Å². The zero-order chi connectivity index (χ0) is 11.1. The standard InChI is InChI=1S/C12H19NO2/c1-4-14-11-7-6-10(9-13-3)12(8-11)15-5-2/h6-8,13H,4-5,9H2,1-3H3. The highest BCUT2D eigenvalue weighted by molar-refractivity contribution is 5.40. The van der Waals surface area contributed by atoms with Crippen molar-refractivity contribution in [2.24, 2.45) is 0 Å². The lowest BCUT2D eigenvalue weighted by Crippen LogP contribution is -2.07. The van der Waals surface area contributed by atoms with Gasteiger partial charge in [0.1, 0.15) is 11.5 Å². The second-order valence-corrected chi connectivity index (χ2v) is 3.17. The van der Waals surface area contributed by atoms with Gasteiger partial charge in [0.05, 0.1) is 13.2 Å². The molecule has 84 valence electrons. The van der Waals surface area contributed by atoms with Crippen LogP contribution in [0.25, 0.3) is 0 Å². The van der Waals surface area contributed by atoms with Crippen LogP contribution in [-0.4, -0.2) is 20.3 Å². The Balaban J connectivity index is 2.87. The van der Waals surface area contributed by atoms with Crippen LogP contribution in [0.3, 0.4) is 0 Å². The van der Waals surface area contributed by atoms with Crippen molar-refractivity contribution in [3.63, 3.8) is 0 Å². The Morgan fingerprint density at radius 3 is 2.47 bits per heavy atom. The Bertz CT molecular complexity index is 300. The van der Waals surface area contributed by atoms with Gasteiger partial charge in [-0.3, -0.25) is 0 Å². The molecule has 0 radical (unpaired) electrons. The molecule has 0 atom stereocenters. The van der Waals surface area contributed by atoms with Gasteiger partial charge < -0.3 is 14.8 Å². The average molecular weight is 209 g/mol. The van der Waals surface area contributed by atoms with Gasteiger partial charge in [0.2, 0.25) is 0 Å². The Kier molecular flexibility index (Phi) is 4.98. The van der Waals surface area contributed by atoms with Gasteiger partial charge in [0, 0.05) is 18.2 Å². The molecule has 0 aromatic heterocycles. The summed E-state index contributed by atoms with van der Waals surface area (Å²) in [5.74, 6) is 1.76. The minimum atomic E-state index is 0.673. The number of rotatable bonds is 6. The van der Waals surface area contributed by atoms with E-state index in [2.05, 4.69) is 5.32 Å². The summed E-state index contributed by atoms with van der Waals surface area (Å²) in [4.78, 5) is 0. The van der Waals surface area contributed by atoms with Gasteiger partial charge >= 0.3 is 0 Å². The molecule has 0 fully saturated rings. The largest absolute Gasteiger partial charge is 0.494 e. The summed E-state index contributed by atoms with van der Waals surface area (Å²) in [5, 5.41) is 3.11. The van der Waals surface area contributed by atoms with Crippen LogP contribution in [0.2, 0.25) is 0 Å². The molecule has 0 bridgehead atoms. The lowest BCUT2D eigenvalue weighted by Gasteiger charge is -2.12. The molecule has 0 spiro atoms. The van der Waals surface area contributed by atoms with E-state index >= 15 is 0 Å². The van der Waals surface area contributed by atoms with Gasteiger partial charge in [-0.25, -0.2) is 0 Å². The van der Waals surface area contributed by atoms with Gasteiger partial charge in [-0.15, -0.1) is 0 Å². The van der Waals surface area contributed by atoms with Crippen LogP contribution < -0.4 is 14.8 Å². The molecule has 0 aliphatic rings. The first-order chi connectivity index (χ1) is 7.31. The first kappa shape index (κ1) is 11.9. The monoisotopic (exact) mass is 209 g/mol. The van der Waals surface area contributed by atoms with Gasteiger partial charge in [-0.1, -0.05) is 6.07 Å². The maximum atomic E-state index is 5.56. The van der Waals surface area contributed by atoms with E-state index in [-0.39, 0.29) is 0 Å². The Labute approximate surface area is 91.4 Å². The molecule has 0 unspecified atom stereocenters. The Morgan fingerprint density at radius 1 is 1.13 bits per heavy atom. The smallest absolute Gasteiger partial charge is 0.127 e. The molecule has 0 saturated heterocycles. The van der Waals surface area contributed by atoms with Crippen LogP contribution in [0, 0.1) is 0 Å². The third-order valence-corrected chi connectivity index (χ3v) is 2.02. The minimum Gasteiger partial charge on any atom is -0.494 e. The summed E-state index contributed by atoms with van der Waals surface area (Å²) in [6.45, 7) is 6.11. The lowest BCUT2D eigenvalue weighted by atomic mass is 10.2. The van der Waals surface area contributed by atoms with E-state index in [9.17, 15) is 0 Å². The van der Waals surface area contributed by atoms with Crippen LogP contribution in [0.15, 0.2) is 18.2 Å². The fourth-order valence-corrected chi connectivity index (χ4v) is 1.42. The molecule has 3 heteroatoms. The molecule has 0 aliphatic heterocycles. The quantitative estimate of drug-likeness (QED) is 0.779. The first-order valence-electron chi connectivity index (χ1n) is 5.34. The molecule has 15 heavy (non-hydrogen) atoms. The summed E-state index contributed by atoms with van der Waals surface area (Å²) in [6.07, 6.45) is 0. The molecular weight excluding hydrogens is 190 g/mol. The van der Waals surface area contributed by atoms with Crippen molar-refractivity contribution in [2.75, 3.05) is 20.3 Å². The summed E-state index contributed by atoms with van der Waals surface area (Å²) >= 11 is 0. The van der Waals surface area contributed by atoms with E-state index < -0.39 is 0 Å². The van der Waals surface area contributed by atoms with E-state index in [0.29, 0.717) is 13.2 Å². The molecule has 1 N–H and O–H groups in total. The van der Waals surface area contributed by atoms with E-state index in [0.717, 1.165) is 23.6 Å². The third kappa shape index (κ3) is 3.44. The summed E-state index contributed by atoms with van der Waals surface area (Å²) in [6, 6.07) is 5.95. The zero-order valence-electron chi connectivity index (χ0n) is 9.67. The predicted octanol–water partition coefficient (Wildman–Crippen LogP) is 2.20. The first-order valence-corrected chi connectivity index (χ1v) is 5.34. The van der Waals surface area contributed by atoms with Crippen LogP contribution >= 0.6 is 0 Å². The Morgan fingerprint density at radius 2 is 1.87 bits per heavy atom. The minimum absolute atomic E-state index is 0.673. The molecular formula is C12H19NO2. The van der Waals surface area contributed by atoms with Gasteiger partial charge in [0.25, 0.3) is 0 Å². The fourth-order valence-electron chi connectivity index (χ4n) is 1.42. The molecule has 0 saturated carbocycles. The lowest BCUT2D eigenvalue weighted by molar-refractivity contribution is 0.320. The molecule has 0 aliphatic carbocycles. The van der Waals surface area contributed by atoms with Crippen LogP contribution in [0.4, 0.5) is 0 Å². The molecule has 1 rings (SSSR count). The summed E-state index contributed by atoms with van der Waals surface area (Å²) in [7, 11) is 1.92. The highest BCUT2D eigenvalue weighted by Crippen LogP contribution is 2.24. The summed E-state index contributed by atoms with van der Waals surface area (Å²) < 4.78 is 11.0. The van der Waals surface area contributed by atoms with Crippen LogP contribution in [0.5, 0.6) is 11.5 Å². The second-order valence-electron chi connectivity index (χ2n) is 3.17. The summed E-state index contributed by atoms with van der Waals surface area (Å²) in [5.41, 5.74) is 1.16. The highest BCUT2D eigenvalue weighted by Gasteiger charge is 2.04. The molecule has 0 amide bonds. The zero-order valence-corrected chi connectivity index (χ0v) is 9.67. The predicted molar refractivity (Wildman–Crippen MR) is 61.5 cm³/mol. The van der Waals surface area contributed by atoms with Gasteiger partial charge in [-0.05, 0) is 27.0 Å². The van der Waals surface area contributed by atoms with Crippen molar-refractivity contribution >= 4 is 0 Å². The Hall–Kier alpha value is -1.22. The number of benzene rings is 1. The fraction of sp³-hybridized carbons (Fsp3) is 0.500. The van der Waals surface area contributed by atoms with Crippen LogP contribution in [0.1, 0.15) is 19.4 Å². The van der Waals surface area contributed by atoms with E-state index in [1.165, 1.54) is 0 Å². The van der Waals surface area contributed by atoms with E-state index in [1.807, 2.05) is 39.1 Å². The number of ether oxygens (including phenoxy) is 2. The number of hydrogen-bond donors (Lipinski definition) is 1. The van der Waals surface area contributed by atoms with Crippen molar-refractivity contribution in [3.8, 4) is 11.5 Å². The van der Waals surface area contributed by atoms with E-state index in [1.54, 1.807) is 0 Å². The topological polar surface area (TPSA) is 30.5 Å². The molecule has 1 aromatic carbocycles. The van der Waals surface area contributed by atoms with Crippen molar-refractivity contribution in [1.82, 2.24) is 5.32 Å². The average Bonchev–Trinajstić information content (AvgIpc) is 2.23. The molecule has 1 aromatic rings. The number of nitrogens with one attached hydrogen (secondary N) is 1. The van der Waals surface area contributed by atoms with Gasteiger partial charge in [0.15, 0.2) is 0 Å². The van der Waals surface area contributed by atoms with Crippen molar-refractivity contribution in [2.45, 2.75) is 20.4 Å². The van der Waals surface area contributed by atoms with Crippen LogP contribution in [-0.2, 0) is 6.54 Å². The SMILES string of the molecule is CCOc1ccc(CNC)c(OCC)c1. The van der Waals surface area contributed by atoms with Crippen molar-refractivity contribution in [1.29, 1.82) is 0 Å². The highest BCUT2D eigenvalue weighted by atomic mass is 16.5. The van der Waals surface area contributed by atoms with Crippen molar-refractivity contribution in [3.05, 3.63) is 23.8 Å². The maximum absolute atomic E-state index is 5.56. The van der Waals surface area contributed by atoms with Gasteiger partial charge in [-0.2, -0.15) is 0 Å². The molecule has 0 heterocycles.